The summed E-state index contributed by atoms with van der Waals surface area (Å²) in [6.07, 6.45) is 6.91. The van der Waals surface area contributed by atoms with Gasteiger partial charge in [-0.3, -0.25) is 0 Å². The molecular weight excluding hydrogens is 563 g/mol. The zero-order chi connectivity index (χ0) is 29.6. The monoisotopic (exact) mass is 591 g/mol. The molecule has 0 spiro atoms. The number of thioether (sulfide) groups is 1. The van der Waals surface area contributed by atoms with Crippen LogP contribution in [0.5, 0.6) is 17.2 Å². The molecule has 0 amide bonds. The van der Waals surface area contributed by atoms with Gasteiger partial charge < -0.3 is 24.2 Å². The molecular formula is C32H28F3N3O3S. The number of H-pyrrole nitrogens is 2. The summed E-state index contributed by atoms with van der Waals surface area (Å²) < 4.78 is 56.9. The van der Waals surface area contributed by atoms with Crippen LogP contribution in [0, 0.1) is 17.5 Å². The molecule has 0 bridgehead atoms. The number of nitrogens with zero attached hydrogens (tertiary/aromatic N) is 1. The van der Waals surface area contributed by atoms with E-state index in [-0.39, 0.29) is 34.3 Å². The number of hydrogen-bond donors (Lipinski definition) is 2. The van der Waals surface area contributed by atoms with E-state index in [4.69, 9.17) is 9.47 Å². The molecule has 0 aliphatic carbocycles. The van der Waals surface area contributed by atoms with E-state index in [1.807, 2.05) is 25.1 Å². The number of imidazole rings is 1. The highest BCUT2D eigenvalue weighted by molar-refractivity contribution is 7.99. The molecule has 2 N–H and O–H groups in total. The summed E-state index contributed by atoms with van der Waals surface area (Å²) in [6.45, 7) is 4.53. The Kier molecular flexibility index (Phi) is 7.26. The Labute approximate surface area is 244 Å². The molecule has 1 aliphatic heterocycles. The fourth-order valence-corrected chi connectivity index (χ4v) is 6.36. The molecule has 0 radical (unpaired) electrons. The molecule has 2 atom stereocenters. The average molecular weight is 592 g/mol. The molecule has 2 aromatic heterocycles. The van der Waals surface area contributed by atoms with Gasteiger partial charge in [0.2, 0.25) is 5.82 Å². The number of para-hydroxylation sites is 1. The van der Waals surface area contributed by atoms with E-state index in [2.05, 4.69) is 21.9 Å². The number of aromatic nitrogens is 3. The van der Waals surface area contributed by atoms with Crippen molar-refractivity contribution in [2.24, 2.45) is 0 Å². The number of fused-ring (bicyclic) bond motifs is 2. The minimum Gasteiger partial charge on any atom is -0.493 e. The average Bonchev–Trinajstić information content (AvgIpc) is 3.68. The Morgan fingerprint density at radius 2 is 2.02 bits per heavy atom. The van der Waals surface area contributed by atoms with Gasteiger partial charge in [-0.15, -0.1) is 11.8 Å². The van der Waals surface area contributed by atoms with Crippen molar-refractivity contribution in [3.63, 3.8) is 0 Å². The first-order chi connectivity index (χ1) is 20.3. The predicted molar refractivity (Wildman–Crippen MR) is 156 cm³/mol. The second kappa shape index (κ2) is 10.9. The molecule has 6 rings (SSSR count). The lowest BCUT2D eigenvalue weighted by molar-refractivity contribution is -0.108. The second-order valence-electron chi connectivity index (χ2n) is 10.6. The van der Waals surface area contributed by atoms with Crippen LogP contribution < -0.4 is 9.47 Å². The van der Waals surface area contributed by atoms with Crippen molar-refractivity contribution < 1.29 is 27.4 Å². The normalized spacial score (nSPS) is 17.1. The van der Waals surface area contributed by atoms with Gasteiger partial charge in [-0.25, -0.2) is 13.8 Å². The van der Waals surface area contributed by atoms with Crippen LogP contribution in [-0.4, -0.2) is 34.1 Å². The SMILES string of the molecule is CSc1c(Oc2ccc(F)c(-c3ncc(C4(C)CCOc5c(C(C)CC=O)cccc54)[nH]3)c2)c(F)c(F)c2[nH]ccc12. The lowest BCUT2D eigenvalue weighted by Gasteiger charge is -2.36. The van der Waals surface area contributed by atoms with Crippen molar-refractivity contribution in [3.05, 3.63) is 89.1 Å². The lowest BCUT2D eigenvalue weighted by Crippen LogP contribution is -2.32. The van der Waals surface area contributed by atoms with Gasteiger partial charge in [0.25, 0.3) is 0 Å². The predicted octanol–water partition coefficient (Wildman–Crippen LogP) is 8.27. The first-order valence-electron chi connectivity index (χ1n) is 13.5. The highest BCUT2D eigenvalue weighted by Gasteiger charge is 2.38. The molecule has 6 nitrogen and oxygen atoms in total. The third kappa shape index (κ3) is 4.54. The number of rotatable bonds is 8. The summed E-state index contributed by atoms with van der Waals surface area (Å²) in [5, 5.41) is 0.489. The molecule has 216 valence electrons. The smallest absolute Gasteiger partial charge is 0.204 e. The number of hydrogen-bond acceptors (Lipinski definition) is 5. The lowest BCUT2D eigenvalue weighted by atomic mass is 9.74. The van der Waals surface area contributed by atoms with Gasteiger partial charge in [0.1, 0.15) is 29.4 Å². The van der Waals surface area contributed by atoms with Crippen molar-refractivity contribution >= 4 is 29.0 Å². The van der Waals surface area contributed by atoms with Crippen LogP contribution in [-0.2, 0) is 10.2 Å². The minimum atomic E-state index is -1.13. The van der Waals surface area contributed by atoms with Crippen molar-refractivity contribution in [3.8, 4) is 28.6 Å². The number of carbonyl (C=O) groups is 1. The molecule has 10 heteroatoms. The quantitative estimate of drug-likeness (QED) is 0.140. The number of halogens is 3. The Balaban J connectivity index is 1.36. The van der Waals surface area contributed by atoms with Crippen LogP contribution in [0.4, 0.5) is 13.2 Å². The zero-order valence-electron chi connectivity index (χ0n) is 23.2. The topological polar surface area (TPSA) is 80.0 Å². The summed E-state index contributed by atoms with van der Waals surface area (Å²) in [5.41, 5.74) is 2.35. The molecule has 1 aliphatic rings. The summed E-state index contributed by atoms with van der Waals surface area (Å²) in [6, 6.07) is 11.6. The second-order valence-corrected chi connectivity index (χ2v) is 11.4. The third-order valence-electron chi connectivity index (χ3n) is 8.07. The van der Waals surface area contributed by atoms with Crippen molar-refractivity contribution in [2.45, 2.75) is 42.9 Å². The first-order valence-corrected chi connectivity index (χ1v) is 14.7. The van der Waals surface area contributed by atoms with E-state index >= 15 is 8.78 Å². The van der Waals surface area contributed by atoms with E-state index in [0.717, 1.165) is 28.9 Å². The van der Waals surface area contributed by atoms with Crippen molar-refractivity contribution in [1.29, 1.82) is 0 Å². The maximum atomic E-state index is 15.1. The Hall–Kier alpha value is -4.18. The number of carbonyl (C=O) groups excluding carboxylic acids is 1. The van der Waals surface area contributed by atoms with Crippen LogP contribution >= 0.6 is 11.8 Å². The molecule has 0 saturated carbocycles. The summed E-state index contributed by atoms with van der Waals surface area (Å²) in [7, 11) is 0. The number of benzene rings is 3. The van der Waals surface area contributed by atoms with Crippen LogP contribution in [0.25, 0.3) is 22.3 Å². The van der Waals surface area contributed by atoms with Crippen molar-refractivity contribution in [2.75, 3.05) is 12.9 Å². The summed E-state index contributed by atoms with van der Waals surface area (Å²) >= 11 is 1.22. The van der Waals surface area contributed by atoms with Crippen molar-refractivity contribution in [1.82, 2.24) is 15.0 Å². The van der Waals surface area contributed by atoms with Crippen LogP contribution in [0.3, 0.4) is 0 Å². The number of aldehydes is 1. The van der Waals surface area contributed by atoms with Gasteiger partial charge in [0.15, 0.2) is 11.6 Å². The van der Waals surface area contributed by atoms with Gasteiger partial charge in [-0.1, -0.05) is 25.1 Å². The fourth-order valence-electron chi connectivity index (χ4n) is 5.65. The summed E-state index contributed by atoms with van der Waals surface area (Å²) in [4.78, 5) is 22.1. The van der Waals surface area contributed by atoms with Gasteiger partial charge in [0, 0.05) is 40.9 Å². The van der Waals surface area contributed by atoms with E-state index in [1.54, 1.807) is 18.5 Å². The maximum absolute atomic E-state index is 15.1. The molecule has 0 saturated heterocycles. The van der Waals surface area contributed by atoms with E-state index in [9.17, 15) is 9.18 Å². The van der Waals surface area contributed by atoms with E-state index in [0.29, 0.717) is 29.7 Å². The maximum Gasteiger partial charge on any atom is 0.204 e. The van der Waals surface area contributed by atoms with Gasteiger partial charge in [-0.2, -0.15) is 4.39 Å². The highest BCUT2D eigenvalue weighted by Crippen LogP contribution is 2.47. The molecule has 3 heterocycles. The Bertz CT molecular complexity index is 1820. The summed E-state index contributed by atoms with van der Waals surface area (Å²) in [5.74, 6) is -1.84. The van der Waals surface area contributed by atoms with Gasteiger partial charge >= 0.3 is 0 Å². The minimum absolute atomic E-state index is 0.00291. The third-order valence-corrected chi connectivity index (χ3v) is 8.88. The van der Waals surface area contributed by atoms with Gasteiger partial charge in [0.05, 0.1) is 22.6 Å². The van der Waals surface area contributed by atoms with Crippen LogP contribution in [0.15, 0.2) is 59.8 Å². The molecule has 5 aromatic rings. The zero-order valence-corrected chi connectivity index (χ0v) is 24.0. The molecule has 0 fully saturated rings. The largest absolute Gasteiger partial charge is 0.493 e. The Morgan fingerprint density at radius 1 is 1.19 bits per heavy atom. The number of nitrogens with one attached hydrogen (secondary N) is 2. The first kappa shape index (κ1) is 28.0. The van der Waals surface area contributed by atoms with Crippen LogP contribution in [0.2, 0.25) is 0 Å². The van der Waals surface area contributed by atoms with E-state index in [1.165, 1.54) is 36.2 Å². The molecule has 42 heavy (non-hydrogen) atoms. The standard InChI is InChI=1S/C32H28F3N3O3S/c1-17(10-13-39)19-5-4-6-22-28(19)40-14-11-32(22,2)24-16-37-31(38-24)21-15-18(7-8-23(21)33)41-29-26(35)25(34)27-20(9-12-36-27)30(29)42-3/h4-9,12-13,15-17,36H,10-11,14H2,1-3H3,(H,37,38). The number of ether oxygens (including phenoxy) is 2. The van der Waals surface area contributed by atoms with E-state index < -0.39 is 22.9 Å². The van der Waals surface area contributed by atoms with Gasteiger partial charge in [-0.05, 0) is 55.3 Å². The van der Waals surface area contributed by atoms with Crippen LogP contribution in [0.1, 0.15) is 49.4 Å². The Morgan fingerprint density at radius 3 is 2.81 bits per heavy atom. The molecule has 2 unspecified atom stereocenters. The molecule has 3 aromatic carbocycles. The fraction of sp³-hybridized carbons (Fsp3) is 0.250. The highest BCUT2D eigenvalue weighted by atomic mass is 32.2. The number of aromatic amines is 2.